The average molecular weight is 343 g/mol. The molecule has 0 N–H and O–H groups in total. The van der Waals surface area contributed by atoms with E-state index in [2.05, 4.69) is 0 Å². The Bertz CT molecular complexity index is 673. The highest BCUT2D eigenvalue weighted by Crippen LogP contribution is 2.28. The van der Waals surface area contributed by atoms with Gasteiger partial charge in [0.1, 0.15) is 0 Å². The van der Waals surface area contributed by atoms with Crippen LogP contribution in [-0.4, -0.2) is 44.8 Å². The molecule has 0 saturated heterocycles. The van der Waals surface area contributed by atoms with Gasteiger partial charge < -0.3 is 19.1 Å². The fourth-order valence-corrected chi connectivity index (χ4v) is 2.52. The second-order valence-electron chi connectivity index (χ2n) is 5.50. The van der Waals surface area contributed by atoms with Crippen LogP contribution in [0.25, 0.3) is 0 Å². The molecule has 0 aliphatic heterocycles. The minimum atomic E-state index is -0.0653. The molecular weight excluding hydrogens is 318 g/mol. The first kappa shape index (κ1) is 18.8. The van der Waals surface area contributed by atoms with Crippen molar-refractivity contribution in [1.29, 1.82) is 0 Å². The van der Waals surface area contributed by atoms with Crippen molar-refractivity contribution < 1.29 is 19.0 Å². The van der Waals surface area contributed by atoms with Crippen LogP contribution in [0.2, 0.25) is 0 Å². The number of amides is 1. The number of hydrogen-bond acceptors (Lipinski definition) is 4. The Hall–Kier alpha value is -2.53. The van der Waals surface area contributed by atoms with Crippen LogP contribution in [0, 0.1) is 0 Å². The molecule has 5 heteroatoms. The smallest absolute Gasteiger partial charge is 0.254 e. The zero-order chi connectivity index (χ0) is 18.1. The Morgan fingerprint density at radius 1 is 1.04 bits per heavy atom. The Morgan fingerprint density at radius 3 is 2.44 bits per heavy atom. The van der Waals surface area contributed by atoms with Crippen molar-refractivity contribution in [2.45, 2.75) is 13.5 Å². The number of ether oxygens (including phenoxy) is 3. The number of carbonyl (C=O) groups excluding carboxylic acids is 1. The van der Waals surface area contributed by atoms with Gasteiger partial charge in [-0.05, 0) is 30.7 Å². The topological polar surface area (TPSA) is 48.0 Å². The zero-order valence-electron chi connectivity index (χ0n) is 15.0. The van der Waals surface area contributed by atoms with Gasteiger partial charge in [0.15, 0.2) is 11.5 Å². The zero-order valence-corrected chi connectivity index (χ0v) is 15.0. The minimum Gasteiger partial charge on any atom is -0.493 e. The Kier molecular flexibility index (Phi) is 7.29. The SMILES string of the molecule is CCOc1cc(C(=O)N(CCOC)Cc2ccccc2)ccc1OC. The molecule has 1 amide bonds. The second-order valence-corrected chi connectivity index (χ2v) is 5.50. The van der Waals surface area contributed by atoms with Crippen LogP contribution in [0.4, 0.5) is 0 Å². The van der Waals surface area contributed by atoms with E-state index < -0.39 is 0 Å². The van der Waals surface area contributed by atoms with Crippen LogP contribution in [-0.2, 0) is 11.3 Å². The van der Waals surface area contributed by atoms with E-state index in [9.17, 15) is 4.79 Å². The van der Waals surface area contributed by atoms with Crippen LogP contribution in [0.1, 0.15) is 22.8 Å². The van der Waals surface area contributed by atoms with Crippen molar-refractivity contribution in [2.24, 2.45) is 0 Å². The third-order valence-electron chi connectivity index (χ3n) is 3.78. The van der Waals surface area contributed by atoms with Gasteiger partial charge in [0.2, 0.25) is 0 Å². The van der Waals surface area contributed by atoms with E-state index in [-0.39, 0.29) is 5.91 Å². The van der Waals surface area contributed by atoms with Crippen molar-refractivity contribution in [3.63, 3.8) is 0 Å². The van der Waals surface area contributed by atoms with E-state index in [0.29, 0.717) is 43.4 Å². The minimum absolute atomic E-state index is 0.0653. The quantitative estimate of drug-likeness (QED) is 0.700. The third kappa shape index (κ3) is 5.22. The summed E-state index contributed by atoms with van der Waals surface area (Å²) in [7, 11) is 3.21. The summed E-state index contributed by atoms with van der Waals surface area (Å²) in [5.74, 6) is 1.12. The molecule has 0 heterocycles. The van der Waals surface area contributed by atoms with Crippen molar-refractivity contribution in [3.8, 4) is 11.5 Å². The fraction of sp³-hybridized carbons (Fsp3) is 0.350. The molecule has 0 aromatic heterocycles. The van der Waals surface area contributed by atoms with E-state index in [1.54, 1.807) is 37.3 Å². The van der Waals surface area contributed by atoms with E-state index in [1.807, 2.05) is 37.3 Å². The lowest BCUT2D eigenvalue weighted by Gasteiger charge is -2.23. The molecule has 2 aromatic rings. The molecule has 0 fully saturated rings. The van der Waals surface area contributed by atoms with Crippen molar-refractivity contribution in [2.75, 3.05) is 34.0 Å². The monoisotopic (exact) mass is 343 g/mol. The fourth-order valence-electron chi connectivity index (χ4n) is 2.52. The molecule has 0 radical (unpaired) electrons. The van der Waals surface area contributed by atoms with Gasteiger partial charge in [0.05, 0.1) is 20.3 Å². The lowest BCUT2D eigenvalue weighted by atomic mass is 10.1. The number of rotatable bonds is 9. The highest BCUT2D eigenvalue weighted by Gasteiger charge is 2.18. The summed E-state index contributed by atoms with van der Waals surface area (Å²) in [6.45, 7) is 3.92. The predicted molar refractivity (Wildman–Crippen MR) is 97.2 cm³/mol. The molecule has 25 heavy (non-hydrogen) atoms. The van der Waals surface area contributed by atoms with Crippen molar-refractivity contribution >= 4 is 5.91 Å². The summed E-state index contributed by atoms with van der Waals surface area (Å²) in [6, 6.07) is 15.2. The first-order valence-corrected chi connectivity index (χ1v) is 8.32. The van der Waals surface area contributed by atoms with E-state index in [1.165, 1.54) is 0 Å². The van der Waals surface area contributed by atoms with Crippen LogP contribution in [0.5, 0.6) is 11.5 Å². The Balaban J connectivity index is 2.24. The van der Waals surface area contributed by atoms with E-state index in [4.69, 9.17) is 14.2 Å². The molecule has 134 valence electrons. The highest BCUT2D eigenvalue weighted by atomic mass is 16.5. The average Bonchev–Trinajstić information content (AvgIpc) is 2.65. The van der Waals surface area contributed by atoms with Gasteiger partial charge in [0, 0.05) is 25.8 Å². The van der Waals surface area contributed by atoms with Crippen LogP contribution >= 0.6 is 0 Å². The van der Waals surface area contributed by atoms with E-state index >= 15 is 0 Å². The van der Waals surface area contributed by atoms with Crippen LogP contribution < -0.4 is 9.47 Å². The summed E-state index contributed by atoms with van der Waals surface area (Å²) in [5, 5.41) is 0. The van der Waals surface area contributed by atoms with Gasteiger partial charge in [-0.3, -0.25) is 4.79 Å². The molecule has 2 rings (SSSR count). The van der Waals surface area contributed by atoms with Crippen LogP contribution in [0.15, 0.2) is 48.5 Å². The maximum Gasteiger partial charge on any atom is 0.254 e. The maximum atomic E-state index is 13.0. The Morgan fingerprint density at radius 2 is 1.80 bits per heavy atom. The molecule has 0 aliphatic carbocycles. The van der Waals surface area contributed by atoms with Gasteiger partial charge in [-0.2, -0.15) is 0 Å². The Labute approximate surface area is 149 Å². The number of hydrogen-bond donors (Lipinski definition) is 0. The van der Waals surface area contributed by atoms with Crippen LogP contribution in [0.3, 0.4) is 0 Å². The summed E-state index contributed by atoms with van der Waals surface area (Å²) < 4.78 is 16.0. The normalized spacial score (nSPS) is 10.4. The molecule has 0 bridgehead atoms. The lowest BCUT2D eigenvalue weighted by molar-refractivity contribution is 0.0680. The summed E-state index contributed by atoms with van der Waals surface area (Å²) in [4.78, 5) is 14.8. The maximum absolute atomic E-state index is 13.0. The lowest BCUT2D eigenvalue weighted by Crippen LogP contribution is -2.33. The predicted octanol–water partition coefficient (Wildman–Crippen LogP) is 3.38. The number of carbonyl (C=O) groups is 1. The van der Waals surface area contributed by atoms with Crippen molar-refractivity contribution in [3.05, 3.63) is 59.7 Å². The first-order valence-electron chi connectivity index (χ1n) is 8.32. The summed E-state index contributed by atoms with van der Waals surface area (Å²) in [6.07, 6.45) is 0. The number of nitrogens with zero attached hydrogens (tertiary/aromatic N) is 1. The second kappa shape index (κ2) is 9.69. The summed E-state index contributed by atoms with van der Waals surface area (Å²) >= 11 is 0. The number of benzene rings is 2. The first-order chi connectivity index (χ1) is 12.2. The molecule has 0 atom stereocenters. The van der Waals surface area contributed by atoms with Gasteiger partial charge in [-0.25, -0.2) is 0 Å². The van der Waals surface area contributed by atoms with Gasteiger partial charge >= 0.3 is 0 Å². The molecule has 0 spiro atoms. The van der Waals surface area contributed by atoms with Gasteiger partial charge in [-0.1, -0.05) is 30.3 Å². The highest BCUT2D eigenvalue weighted by molar-refractivity contribution is 5.95. The molecule has 0 unspecified atom stereocenters. The third-order valence-corrected chi connectivity index (χ3v) is 3.78. The molecule has 0 saturated carbocycles. The molecular formula is C20H25NO4. The molecule has 0 aliphatic rings. The largest absolute Gasteiger partial charge is 0.493 e. The standard InChI is InChI=1S/C20H25NO4/c1-4-25-19-14-17(10-11-18(19)24-3)20(22)21(12-13-23-2)15-16-8-6-5-7-9-16/h5-11,14H,4,12-13,15H2,1-3H3. The van der Waals surface area contributed by atoms with Gasteiger partial charge in [-0.15, -0.1) is 0 Å². The molecule has 5 nitrogen and oxygen atoms in total. The summed E-state index contributed by atoms with van der Waals surface area (Å²) in [5.41, 5.74) is 1.64. The van der Waals surface area contributed by atoms with E-state index in [0.717, 1.165) is 5.56 Å². The van der Waals surface area contributed by atoms with Crippen molar-refractivity contribution in [1.82, 2.24) is 4.90 Å². The van der Waals surface area contributed by atoms with Gasteiger partial charge in [0.25, 0.3) is 5.91 Å². The molecule has 2 aromatic carbocycles. The number of methoxy groups -OCH3 is 2.